The van der Waals surface area contributed by atoms with Gasteiger partial charge in [0, 0.05) is 13.2 Å². The molecule has 3 atom stereocenters. The van der Waals surface area contributed by atoms with Crippen LogP contribution in [0, 0.1) is 0 Å². The third-order valence-corrected chi connectivity index (χ3v) is 4.89. The summed E-state index contributed by atoms with van der Waals surface area (Å²) in [7, 11) is 0. The molecular weight excluding hydrogens is 304 g/mol. The van der Waals surface area contributed by atoms with Gasteiger partial charge in [-0.05, 0) is 42.0 Å². The molecule has 1 aliphatic rings. The Bertz CT molecular complexity index is 1310. The van der Waals surface area contributed by atoms with Gasteiger partial charge in [0.2, 0.25) is 0 Å². The molecule has 1 N–H and O–H groups in total. The van der Waals surface area contributed by atoms with Gasteiger partial charge in [-0.2, -0.15) is 0 Å². The van der Waals surface area contributed by atoms with Crippen molar-refractivity contribution < 1.29 is 18.8 Å². The maximum Gasteiger partial charge on any atom is 0.0936 e. The van der Waals surface area contributed by atoms with E-state index >= 15 is 0 Å². The SMILES string of the molecule is [2H]c1c([2H])c([2H])c(C2([2H])CCC(C(C)(O)c3ccccc3)c3c([2H])c([2H])c([2H])c([2H])c32)c([2H])c1[2H]. The van der Waals surface area contributed by atoms with Crippen molar-refractivity contribution in [2.75, 3.05) is 0 Å². The van der Waals surface area contributed by atoms with E-state index in [1.54, 1.807) is 37.3 Å². The highest BCUT2D eigenvalue weighted by Crippen LogP contribution is 2.49. The van der Waals surface area contributed by atoms with Gasteiger partial charge in [-0.1, -0.05) is 84.7 Å². The Kier molecular flexibility index (Phi) is 2.17. The molecule has 0 amide bonds. The summed E-state index contributed by atoms with van der Waals surface area (Å²) in [5.74, 6) is -2.88. The zero-order valence-electron chi connectivity index (χ0n) is 23.8. The first-order valence-corrected chi connectivity index (χ1v) is 8.22. The molecule has 0 saturated carbocycles. The standard InChI is InChI=1S/C24H24O/c1-24(25,19-12-6-3-7-13-19)23-17-16-20(18-10-4-2-5-11-18)21-14-8-9-15-22(21)23/h2-15,20,23,25H,16-17H2,1H3/i2D,4D,5D,8D,9D,10D,11D,14D,15D,20D. The Morgan fingerprint density at radius 1 is 0.920 bits per heavy atom. The number of aliphatic hydroxyl groups is 1. The monoisotopic (exact) mass is 338 g/mol. The van der Waals surface area contributed by atoms with Gasteiger partial charge in [0.1, 0.15) is 0 Å². The van der Waals surface area contributed by atoms with Gasteiger partial charge < -0.3 is 5.11 Å². The molecule has 1 heteroatoms. The van der Waals surface area contributed by atoms with E-state index in [9.17, 15) is 6.48 Å². The van der Waals surface area contributed by atoms with E-state index in [0.29, 0.717) is 5.56 Å². The van der Waals surface area contributed by atoms with Crippen LogP contribution in [-0.2, 0) is 5.60 Å². The van der Waals surface area contributed by atoms with E-state index in [4.69, 9.17) is 12.3 Å². The van der Waals surface area contributed by atoms with E-state index in [1.807, 2.05) is 0 Å². The third kappa shape index (κ3) is 2.89. The zero-order chi connectivity index (χ0) is 26.0. The van der Waals surface area contributed by atoms with Gasteiger partial charge in [-0.3, -0.25) is 0 Å². The fourth-order valence-corrected chi connectivity index (χ4v) is 3.57. The summed E-state index contributed by atoms with van der Waals surface area (Å²) < 4.78 is 84.1. The maximum atomic E-state index is 11.6. The normalized spacial score (nSPS) is 30.6. The Hall–Kier alpha value is -2.38. The number of hydrogen-bond acceptors (Lipinski definition) is 1. The minimum Gasteiger partial charge on any atom is -0.385 e. The number of hydrogen-bond donors (Lipinski definition) is 1. The van der Waals surface area contributed by atoms with E-state index in [2.05, 4.69) is 0 Å². The molecule has 3 unspecified atom stereocenters. The van der Waals surface area contributed by atoms with Crippen molar-refractivity contribution in [1.82, 2.24) is 0 Å². The van der Waals surface area contributed by atoms with Crippen LogP contribution in [0.2, 0.25) is 0 Å². The predicted octanol–water partition coefficient (Wildman–Crippen LogP) is 5.60. The van der Waals surface area contributed by atoms with Gasteiger partial charge in [0.05, 0.1) is 17.9 Å². The molecule has 0 bridgehead atoms. The molecule has 4 rings (SSSR count). The summed E-state index contributed by atoms with van der Waals surface area (Å²) >= 11 is 0. The number of benzene rings is 3. The lowest BCUT2D eigenvalue weighted by atomic mass is 9.67. The van der Waals surface area contributed by atoms with Crippen LogP contribution in [0.1, 0.15) is 67.5 Å². The zero-order valence-corrected chi connectivity index (χ0v) is 13.8. The van der Waals surface area contributed by atoms with Crippen LogP contribution in [0.5, 0.6) is 0 Å². The summed E-state index contributed by atoms with van der Waals surface area (Å²) in [6.07, 6.45) is -0.0353. The van der Waals surface area contributed by atoms with Gasteiger partial charge in [0.15, 0.2) is 0 Å². The fourth-order valence-electron chi connectivity index (χ4n) is 3.57. The van der Waals surface area contributed by atoms with Crippen molar-refractivity contribution >= 4 is 0 Å². The predicted molar refractivity (Wildman–Crippen MR) is 103 cm³/mol. The molecule has 0 heterocycles. The smallest absolute Gasteiger partial charge is 0.0936 e. The first-order chi connectivity index (χ1) is 16.3. The maximum absolute atomic E-state index is 11.6. The first kappa shape index (κ1) is 8.33. The average Bonchev–Trinajstić information content (AvgIpc) is 2.83. The second kappa shape index (κ2) is 6.50. The molecule has 0 aliphatic heterocycles. The molecule has 3 aromatic rings. The third-order valence-electron chi connectivity index (χ3n) is 4.89. The largest absolute Gasteiger partial charge is 0.385 e. The van der Waals surface area contributed by atoms with Crippen LogP contribution in [0.25, 0.3) is 0 Å². The Labute approximate surface area is 164 Å². The van der Waals surface area contributed by atoms with Gasteiger partial charge in [-0.25, -0.2) is 0 Å². The van der Waals surface area contributed by atoms with Crippen LogP contribution in [0.3, 0.4) is 0 Å². The highest BCUT2D eigenvalue weighted by Gasteiger charge is 2.39. The summed E-state index contributed by atoms with van der Waals surface area (Å²) in [6.45, 7) is 1.56. The summed E-state index contributed by atoms with van der Waals surface area (Å²) in [5, 5.41) is 11.6. The van der Waals surface area contributed by atoms with Crippen molar-refractivity contribution in [3.8, 4) is 0 Å². The molecule has 1 nitrogen and oxygen atoms in total. The molecule has 1 aliphatic carbocycles. The minimum absolute atomic E-state index is 0.0258. The molecule has 3 aromatic carbocycles. The van der Waals surface area contributed by atoms with Crippen LogP contribution in [0.4, 0.5) is 0 Å². The molecular formula is C24H24O. The summed E-state index contributed by atoms with van der Waals surface area (Å²) in [6, 6.07) is 3.65. The van der Waals surface area contributed by atoms with Crippen molar-refractivity contribution in [3.05, 3.63) is 107 Å². The Morgan fingerprint density at radius 2 is 1.56 bits per heavy atom. The highest BCUT2D eigenvalue weighted by atomic mass is 16.3. The Balaban J connectivity index is 2.09. The van der Waals surface area contributed by atoms with Crippen LogP contribution in [-0.4, -0.2) is 5.11 Å². The second-order valence-corrected chi connectivity index (χ2v) is 6.37. The molecule has 0 radical (unpaired) electrons. The molecule has 126 valence electrons. The molecule has 25 heavy (non-hydrogen) atoms. The summed E-state index contributed by atoms with van der Waals surface area (Å²) in [5.41, 5.74) is -1.52. The van der Waals surface area contributed by atoms with E-state index in [0.717, 1.165) is 0 Å². The Morgan fingerprint density at radius 3 is 2.28 bits per heavy atom. The van der Waals surface area contributed by atoms with Crippen LogP contribution < -0.4 is 0 Å². The lowest BCUT2D eigenvalue weighted by molar-refractivity contribution is 0.0197. The van der Waals surface area contributed by atoms with Crippen molar-refractivity contribution in [2.45, 2.75) is 37.2 Å². The van der Waals surface area contributed by atoms with E-state index in [-0.39, 0.29) is 29.5 Å². The number of fused-ring (bicyclic) bond motifs is 1. The van der Waals surface area contributed by atoms with Gasteiger partial charge >= 0.3 is 0 Å². The molecule has 0 fully saturated rings. The first-order valence-electron chi connectivity index (χ1n) is 13.2. The minimum atomic E-state index is -2.05. The van der Waals surface area contributed by atoms with Crippen molar-refractivity contribution in [2.24, 2.45) is 0 Å². The lowest BCUT2D eigenvalue weighted by Crippen LogP contribution is -2.33. The second-order valence-electron chi connectivity index (χ2n) is 6.37. The fraction of sp³-hybridized carbons (Fsp3) is 0.250. The van der Waals surface area contributed by atoms with Crippen LogP contribution >= 0.6 is 0 Å². The lowest BCUT2D eigenvalue weighted by Gasteiger charge is -2.40. The van der Waals surface area contributed by atoms with Gasteiger partial charge in [-0.15, -0.1) is 0 Å². The topological polar surface area (TPSA) is 20.2 Å². The average molecular weight is 339 g/mol. The molecule has 0 aromatic heterocycles. The number of rotatable bonds is 3. The summed E-state index contributed by atoms with van der Waals surface area (Å²) in [4.78, 5) is 0. The van der Waals surface area contributed by atoms with Crippen molar-refractivity contribution in [1.29, 1.82) is 0 Å². The molecule has 0 spiro atoms. The van der Waals surface area contributed by atoms with Crippen LogP contribution in [0.15, 0.2) is 84.7 Å². The van der Waals surface area contributed by atoms with E-state index in [1.165, 1.54) is 0 Å². The van der Waals surface area contributed by atoms with Crippen molar-refractivity contribution in [3.63, 3.8) is 0 Å². The van der Waals surface area contributed by atoms with Gasteiger partial charge in [0.25, 0.3) is 0 Å². The quantitative estimate of drug-likeness (QED) is 0.658. The highest BCUT2D eigenvalue weighted by molar-refractivity contribution is 5.44. The molecule has 0 saturated heterocycles. The van der Waals surface area contributed by atoms with E-state index < -0.39 is 71.8 Å².